The Labute approximate surface area is 196 Å². The lowest BCUT2D eigenvalue weighted by molar-refractivity contribution is -0.114. The Morgan fingerprint density at radius 3 is 2.03 bits per heavy atom. The second-order valence-electron chi connectivity index (χ2n) is 7.71. The number of hydrogen-bond donors (Lipinski definition) is 2. The zero-order chi connectivity index (χ0) is 23.7. The maximum atomic E-state index is 12.7. The van der Waals surface area contributed by atoms with Gasteiger partial charge in [0.05, 0.1) is 33.5 Å². The van der Waals surface area contributed by atoms with Crippen LogP contribution in [-0.2, 0) is 4.79 Å². The van der Waals surface area contributed by atoms with Gasteiger partial charge in [-0.25, -0.2) is 9.36 Å². The fourth-order valence-electron chi connectivity index (χ4n) is 3.48. The van der Waals surface area contributed by atoms with Crippen LogP contribution in [0.3, 0.4) is 0 Å². The number of nitrogens with zero attached hydrogens (tertiary/aromatic N) is 4. The van der Waals surface area contributed by atoms with E-state index in [0.717, 1.165) is 28.5 Å². The van der Waals surface area contributed by atoms with Crippen LogP contribution in [0.1, 0.15) is 34.4 Å². The number of aromatic nitrogens is 4. The van der Waals surface area contributed by atoms with Crippen LogP contribution in [-0.4, -0.2) is 31.4 Å². The van der Waals surface area contributed by atoms with Crippen molar-refractivity contribution in [1.29, 1.82) is 0 Å². The molecule has 0 saturated heterocycles. The molecule has 2 aromatic carbocycles. The Morgan fingerprint density at radius 1 is 0.848 bits per heavy atom. The number of rotatable bonds is 5. The SMILES string of the molecule is CC(=O)Nc1cc(C)nn1-c1ccc(NC(=O)c2ccc(-n3nc(C)c(Cl)c3C)cc2)cc1. The predicted octanol–water partition coefficient (Wildman–Crippen LogP) is 4.85. The molecule has 0 atom stereocenters. The maximum Gasteiger partial charge on any atom is 0.255 e. The van der Waals surface area contributed by atoms with Crippen molar-refractivity contribution in [3.63, 3.8) is 0 Å². The van der Waals surface area contributed by atoms with E-state index >= 15 is 0 Å². The van der Waals surface area contributed by atoms with Crippen LogP contribution in [0.15, 0.2) is 54.6 Å². The quantitative estimate of drug-likeness (QED) is 0.443. The standard InChI is InChI=1S/C24H23ClN6O2/c1-14-13-22(26-17(4)32)31(28-14)21-11-7-19(8-12-21)27-24(33)18-5-9-20(10-6-18)30-16(3)23(25)15(2)29-30/h5-13H,1-4H3,(H,26,32)(H,27,33). The molecule has 0 aliphatic heterocycles. The van der Waals surface area contributed by atoms with Crippen LogP contribution in [0.5, 0.6) is 0 Å². The average Bonchev–Trinajstić information content (AvgIpc) is 3.27. The molecular formula is C24H23ClN6O2. The zero-order valence-corrected chi connectivity index (χ0v) is 19.4. The van der Waals surface area contributed by atoms with Crippen LogP contribution >= 0.6 is 11.6 Å². The molecule has 168 valence electrons. The van der Waals surface area contributed by atoms with Crippen molar-refractivity contribution in [1.82, 2.24) is 19.6 Å². The summed E-state index contributed by atoms with van der Waals surface area (Å²) in [7, 11) is 0. The third-order valence-electron chi connectivity index (χ3n) is 5.08. The number of nitrogens with one attached hydrogen (secondary N) is 2. The molecular weight excluding hydrogens is 440 g/mol. The van der Waals surface area contributed by atoms with Crippen molar-refractivity contribution in [2.45, 2.75) is 27.7 Å². The number of anilines is 2. The molecule has 8 nitrogen and oxygen atoms in total. The Bertz CT molecular complexity index is 1340. The van der Waals surface area contributed by atoms with E-state index in [2.05, 4.69) is 20.8 Å². The molecule has 0 bridgehead atoms. The highest BCUT2D eigenvalue weighted by molar-refractivity contribution is 6.31. The first-order valence-electron chi connectivity index (χ1n) is 10.3. The Hall–Kier alpha value is -3.91. The maximum absolute atomic E-state index is 12.7. The number of carbonyl (C=O) groups is 2. The Balaban J connectivity index is 1.48. The van der Waals surface area contributed by atoms with Crippen molar-refractivity contribution in [2.24, 2.45) is 0 Å². The number of hydrogen-bond acceptors (Lipinski definition) is 4. The second kappa shape index (κ2) is 8.91. The largest absolute Gasteiger partial charge is 0.322 e. The minimum Gasteiger partial charge on any atom is -0.322 e. The summed E-state index contributed by atoms with van der Waals surface area (Å²) in [6.07, 6.45) is 0. The summed E-state index contributed by atoms with van der Waals surface area (Å²) in [6, 6.07) is 16.2. The molecule has 2 heterocycles. The van der Waals surface area contributed by atoms with Crippen LogP contribution < -0.4 is 10.6 Å². The molecule has 0 aliphatic rings. The first-order chi connectivity index (χ1) is 15.7. The fourth-order valence-corrected chi connectivity index (χ4v) is 3.60. The number of carbonyl (C=O) groups excluding carboxylic acids is 2. The number of benzene rings is 2. The number of amides is 2. The van der Waals surface area contributed by atoms with Crippen LogP contribution in [0.2, 0.25) is 5.02 Å². The van der Waals surface area contributed by atoms with Gasteiger partial charge in [-0.1, -0.05) is 11.6 Å². The molecule has 2 amide bonds. The number of halogens is 1. The minimum atomic E-state index is -0.227. The van der Waals surface area contributed by atoms with Gasteiger partial charge in [-0.2, -0.15) is 10.2 Å². The summed E-state index contributed by atoms with van der Waals surface area (Å²) in [5.41, 5.74) is 5.14. The van der Waals surface area contributed by atoms with Crippen molar-refractivity contribution < 1.29 is 9.59 Å². The van der Waals surface area contributed by atoms with Gasteiger partial charge in [0, 0.05) is 24.2 Å². The monoisotopic (exact) mass is 462 g/mol. The highest BCUT2D eigenvalue weighted by Gasteiger charge is 2.13. The van der Waals surface area contributed by atoms with Crippen molar-refractivity contribution in [2.75, 3.05) is 10.6 Å². The van der Waals surface area contributed by atoms with Gasteiger partial charge >= 0.3 is 0 Å². The molecule has 33 heavy (non-hydrogen) atoms. The van der Waals surface area contributed by atoms with Gasteiger partial charge in [-0.3, -0.25) is 9.59 Å². The molecule has 9 heteroatoms. The smallest absolute Gasteiger partial charge is 0.255 e. The topological polar surface area (TPSA) is 93.8 Å². The van der Waals surface area contributed by atoms with Crippen molar-refractivity contribution in [3.05, 3.63) is 82.3 Å². The van der Waals surface area contributed by atoms with E-state index in [4.69, 9.17) is 11.6 Å². The molecule has 0 aliphatic carbocycles. The highest BCUT2D eigenvalue weighted by atomic mass is 35.5. The van der Waals surface area contributed by atoms with Gasteiger partial charge in [0.2, 0.25) is 5.91 Å². The van der Waals surface area contributed by atoms with E-state index in [1.165, 1.54) is 6.92 Å². The normalized spacial score (nSPS) is 10.8. The summed E-state index contributed by atoms with van der Waals surface area (Å²) in [5, 5.41) is 15.1. The van der Waals surface area contributed by atoms with Gasteiger partial charge < -0.3 is 10.6 Å². The van der Waals surface area contributed by atoms with Gasteiger partial charge in [0.25, 0.3) is 5.91 Å². The summed E-state index contributed by atoms with van der Waals surface area (Å²) >= 11 is 6.23. The minimum absolute atomic E-state index is 0.174. The molecule has 2 aromatic heterocycles. The molecule has 4 aromatic rings. The molecule has 4 rings (SSSR count). The molecule has 0 spiro atoms. The molecule has 0 fully saturated rings. The van der Waals surface area contributed by atoms with E-state index < -0.39 is 0 Å². The summed E-state index contributed by atoms with van der Waals surface area (Å²) in [6.45, 7) is 7.05. The van der Waals surface area contributed by atoms with E-state index in [1.54, 1.807) is 39.7 Å². The third-order valence-corrected chi connectivity index (χ3v) is 5.63. The van der Waals surface area contributed by atoms with E-state index in [1.807, 2.05) is 45.0 Å². The lowest BCUT2D eigenvalue weighted by Crippen LogP contribution is -2.13. The van der Waals surface area contributed by atoms with Crippen LogP contribution in [0, 0.1) is 20.8 Å². The lowest BCUT2D eigenvalue weighted by Gasteiger charge is -2.10. The van der Waals surface area contributed by atoms with Gasteiger partial charge in [0.15, 0.2) is 0 Å². The lowest BCUT2D eigenvalue weighted by atomic mass is 10.2. The predicted molar refractivity (Wildman–Crippen MR) is 129 cm³/mol. The van der Waals surface area contributed by atoms with Crippen molar-refractivity contribution in [3.8, 4) is 11.4 Å². The third kappa shape index (κ3) is 4.65. The summed E-state index contributed by atoms with van der Waals surface area (Å²) in [4.78, 5) is 24.1. The highest BCUT2D eigenvalue weighted by Crippen LogP contribution is 2.23. The summed E-state index contributed by atoms with van der Waals surface area (Å²) in [5.74, 6) is 0.183. The van der Waals surface area contributed by atoms with E-state index in [9.17, 15) is 9.59 Å². The fraction of sp³-hybridized carbons (Fsp3) is 0.167. The average molecular weight is 463 g/mol. The first-order valence-corrected chi connectivity index (χ1v) is 10.7. The Morgan fingerprint density at radius 2 is 1.45 bits per heavy atom. The molecule has 0 saturated carbocycles. The van der Waals surface area contributed by atoms with Crippen molar-refractivity contribution >= 4 is 34.9 Å². The Kier molecular flexibility index (Phi) is 6.02. The summed E-state index contributed by atoms with van der Waals surface area (Å²) < 4.78 is 3.40. The number of aryl methyl sites for hydroxylation is 2. The van der Waals surface area contributed by atoms with Gasteiger partial charge in [0.1, 0.15) is 5.82 Å². The van der Waals surface area contributed by atoms with Gasteiger partial charge in [-0.15, -0.1) is 0 Å². The first kappa shape index (κ1) is 22.3. The zero-order valence-electron chi connectivity index (χ0n) is 18.7. The van der Waals surface area contributed by atoms with Gasteiger partial charge in [-0.05, 0) is 69.3 Å². The van der Waals surface area contributed by atoms with Crippen LogP contribution in [0.25, 0.3) is 11.4 Å². The molecule has 0 unspecified atom stereocenters. The second-order valence-corrected chi connectivity index (χ2v) is 8.09. The molecule has 0 radical (unpaired) electrons. The van der Waals surface area contributed by atoms with E-state index in [0.29, 0.717) is 22.1 Å². The van der Waals surface area contributed by atoms with E-state index in [-0.39, 0.29) is 11.8 Å². The molecule has 2 N–H and O–H groups in total. The van der Waals surface area contributed by atoms with Crippen LogP contribution in [0.4, 0.5) is 11.5 Å².